The number of ether oxygens (including phenoxy) is 3. The third-order valence-corrected chi connectivity index (χ3v) is 1.79. The third kappa shape index (κ3) is 4.24. The first-order valence-corrected chi connectivity index (χ1v) is 5.14. The zero-order valence-corrected chi connectivity index (χ0v) is 9.63. The van der Waals surface area contributed by atoms with E-state index in [0.29, 0.717) is 6.42 Å². The van der Waals surface area contributed by atoms with Crippen LogP contribution in [-0.2, 0) is 14.3 Å². The molecule has 8 nitrogen and oxygen atoms in total. The van der Waals surface area contributed by atoms with E-state index in [1.807, 2.05) is 0 Å². The Morgan fingerprint density at radius 2 is 2.06 bits per heavy atom. The van der Waals surface area contributed by atoms with Crippen molar-refractivity contribution in [2.45, 2.75) is 19.8 Å². The maximum atomic E-state index is 11.1. The molecule has 18 heavy (non-hydrogen) atoms. The van der Waals surface area contributed by atoms with Gasteiger partial charge in [0.1, 0.15) is 0 Å². The molecule has 1 aromatic heterocycles. The zero-order valence-electron chi connectivity index (χ0n) is 9.63. The third-order valence-electron chi connectivity index (χ3n) is 1.79. The summed E-state index contributed by atoms with van der Waals surface area (Å²) in [6, 6.07) is 0.986. The average molecular weight is 259 g/mol. The topological polar surface area (TPSA) is 118 Å². The van der Waals surface area contributed by atoms with Gasteiger partial charge in [0.15, 0.2) is 11.6 Å². The molecule has 0 fully saturated rings. The first-order chi connectivity index (χ1) is 8.52. The van der Waals surface area contributed by atoms with Gasteiger partial charge in [0.2, 0.25) is 12.7 Å². The first kappa shape index (κ1) is 13.7. The van der Waals surface area contributed by atoms with Crippen molar-refractivity contribution < 1.29 is 34.0 Å². The summed E-state index contributed by atoms with van der Waals surface area (Å²) in [6.07, 6.45) is -0.321. The van der Waals surface area contributed by atoms with Crippen LogP contribution in [0.25, 0.3) is 0 Å². The minimum Gasteiger partial charge on any atom is -0.494 e. The van der Waals surface area contributed by atoms with E-state index in [2.05, 4.69) is 19.2 Å². The number of carbonyl (C=O) groups is 2. The van der Waals surface area contributed by atoms with Crippen LogP contribution in [0.15, 0.2) is 6.07 Å². The van der Waals surface area contributed by atoms with Crippen LogP contribution in [0.4, 0.5) is 4.79 Å². The summed E-state index contributed by atoms with van der Waals surface area (Å²) in [4.78, 5) is 24.1. The Bertz CT molecular complexity index is 426. The number of aromatic hydroxyl groups is 2. The fourth-order valence-corrected chi connectivity index (χ4v) is 1.03. The van der Waals surface area contributed by atoms with Gasteiger partial charge >= 0.3 is 12.1 Å². The van der Waals surface area contributed by atoms with Crippen LogP contribution in [0.2, 0.25) is 0 Å². The van der Waals surface area contributed by atoms with Crippen molar-refractivity contribution in [1.29, 1.82) is 0 Å². The molecule has 0 atom stereocenters. The highest BCUT2D eigenvalue weighted by molar-refractivity contribution is 5.69. The number of esters is 1. The van der Waals surface area contributed by atoms with Crippen molar-refractivity contribution in [2.24, 2.45) is 0 Å². The molecule has 0 unspecified atom stereocenters. The minimum atomic E-state index is -1.17. The monoisotopic (exact) mass is 259 g/mol. The molecule has 0 bridgehead atoms. The van der Waals surface area contributed by atoms with Gasteiger partial charge in [-0.25, -0.2) is 4.79 Å². The van der Waals surface area contributed by atoms with Gasteiger partial charge in [-0.1, -0.05) is 6.92 Å². The van der Waals surface area contributed by atoms with Crippen LogP contribution in [0.5, 0.6) is 17.5 Å². The Balaban J connectivity index is 2.30. The Hall–Kier alpha value is -2.38. The van der Waals surface area contributed by atoms with E-state index in [1.54, 1.807) is 6.92 Å². The second-order valence-electron chi connectivity index (χ2n) is 3.25. The molecule has 0 aromatic carbocycles. The lowest BCUT2D eigenvalue weighted by Crippen LogP contribution is -2.15. The zero-order chi connectivity index (χ0) is 13.5. The van der Waals surface area contributed by atoms with E-state index in [-0.39, 0.29) is 18.1 Å². The Labute approximate surface area is 102 Å². The van der Waals surface area contributed by atoms with Crippen LogP contribution in [0.3, 0.4) is 0 Å². The first-order valence-electron chi connectivity index (χ1n) is 5.14. The summed E-state index contributed by atoms with van der Waals surface area (Å²) >= 11 is 0. The molecule has 0 spiro atoms. The molecule has 1 rings (SSSR count). The van der Waals surface area contributed by atoms with Crippen LogP contribution in [-0.4, -0.2) is 34.1 Å². The highest BCUT2D eigenvalue weighted by atomic mass is 16.8. The number of nitrogens with one attached hydrogen (secondary N) is 1. The van der Waals surface area contributed by atoms with Crippen LogP contribution < -0.4 is 4.74 Å². The standard InChI is InChI=1S/C10H13NO7/c1-2-3-8(13)16-5-17-10(15)18-6-4-7(12)11-9(6)14/h4,11-12,14H,2-3,5H2,1H3. The van der Waals surface area contributed by atoms with E-state index in [0.717, 1.165) is 6.07 Å². The smallest absolute Gasteiger partial charge is 0.494 e. The summed E-state index contributed by atoms with van der Waals surface area (Å²) in [6.45, 7) is 1.23. The molecule has 0 saturated heterocycles. The predicted octanol–water partition coefficient (Wildman–Crippen LogP) is 1.24. The number of aromatic nitrogens is 1. The van der Waals surface area contributed by atoms with Crippen molar-refractivity contribution in [3.63, 3.8) is 0 Å². The number of hydrogen-bond acceptors (Lipinski definition) is 7. The molecular formula is C10H13NO7. The molecular weight excluding hydrogens is 246 g/mol. The molecule has 0 aliphatic carbocycles. The van der Waals surface area contributed by atoms with Crippen LogP contribution >= 0.6 is 0 Å². The van der Waals surface area contributed by atoms with Crippen LogP contribution in [0.1, 0.15) is 19.8 Å². The lowest BCUT2D eigenvalue weighted by Gasteiger charge is -2.05. The van der Waals surface area contributed by atoms with E-state index >= 15 is 0 Å². The summed E-state index contributed by atoms with van der Waals surface area (Å²) in [5.74, 6) is -1.68. The van der Waals surface area contributed by atoms with Gasteiger partial charge in [-0.2, -0.15) is 0 Å². The second kappa shape index (κ2) is 6.38. The van der Waals surface area contributed by atoms with Gasteiger partial charge in [0.25, 0.3) is 0 Å². The number of hydrogen-bond donors (Lipinski definition) is 3. The summed E-state index contributed by atoms with van der Waals surface area (Å²) in [5.41, 5.74) is 0. The maximum absolute atomic E-state index is 11.1. The van der Waals surface area contributed by atoms with Gasteiger partial charge in [-0.05, 0) is 6.42 Å². The number of rotatable bonds is 5. The number of carbonyl (C=O) groups excluding carboxylic acids is 2. The van der Waals surface area contributed by atoms with Gasteiger partial charge in [-0.15, -0.1) is 0 Å². The number of aromatic amines is 1. The summed E-state index contributed by atoms with van der Waals surface area (Å²) in [5, 5.41) is 18.1. The Kier molecular flexibility index (Phi) is 4.85. The molecule has 1 aromatic rings. The molecule has 1 heterocycles. The fourth-order valence-electron chi connectivity index (χ4n) is 1.03. The van der Waals surface area contributed by atoms with Crippen molar-refractivity contribution in [2.75, 3.05) is 6.79 Å². The van der Waals surface area contributed by atoms with E-state index in [1.165, 1.54) is 0 Å². The Morgan fingerprint density at radius 1 is 1.33 bits per heavy atom. The molecule has 3 N–H and O–H groups in total. The average Bonchev–Trinajstić information content (AvgIpc) is 2.57. The lowest BCUT2D eigenvalue weighted by atomic mass is 10.3. The highest BCUT2D eigenvalue weighted by Gasteiger charge is 2.14. The highest BCUT2D eigenvalue weighted by Crippen LogP contribution is 2.29. The van der Waals surface area contributed by atoms with E-state index < -0.39 is 24.8 Å². The van der Waals surface area contributed by atoms with E-state index in [9.17, 15) is 9.59 Å². The van der Waals surface area contributed by atoms with Crippen molar-refractivity contribution in [1.82, 2.24) is 4.98 Å². The minimum absolute atomic E-state index is 0.227. The van der Waals surface area contributed by atoms with Crippen molar-refractivity contribution >= 4 is 12.1 Å². The lowest BCUT2D eigenvalue weighted by molar-refractivity contribution is -0.152. The van der Waals surface area contributed by atoms with Gasteiger partial charge in [0.05, 0.1) is 0 Å². The molecule has 100 valence electrons. The normalized spacial score (nSPS) is 9.83. The van der Waals surface area contributed by atoms with E-state index in [4.69, 9.17) is 10.2 Å². The van der Waals surface area contributed by atoms with Gasteiger partial charge < -0.3 is 24.4 Å². The van der Waals surface area contributed by atoms with Crippen molar-refractivity contribution in [3.8, 4) is 17.5 Å². The summed E-state index contributed by atoms with van der Waals surface area (Å²) < 4.78 is 13.5. The molecule has 0 saturated carbocycles. The SMILES string of the molecule is CCCC(=O)OCOC(=O)Oc1cc(O)[nH]c1O. The Morgan fingerprint density at radius 3 is 2.61 bits per heavy atom. The molecule has 0 aliphatic heterocycles. The second-order valence-corrected chi connectivity index (χ2v) is 3.25. The molecule has 0 aliphatic rings. The van der Waals surface area contributed by atoms with Crippen molar-refractivity contribution in [3.05, 3.63) is 6.07 Å². The van der Waals surface area contributed by atoms with Crippen LogP contribution in [0, 0.1) is 0 Å². The quantitative estimate of drug-likeness (QED) is 0.537. The number of H-pyrrole nitrogens is 1. The molecule has 8 heteroatoms. The predicted molar refractivity (Wildman–Crippen MR) is 57.1 cm³/mol. The summed E-state index contributed by atoms with van der Waals surface area (Å²) in [7, 11) is 0. The molecule has 0 radical (unpaired) electrons. The largest absolute Gasteiger partial charge is 0.516 e. The van der Waals surface area contributed by atoms with Gasteiger partial charge in [-0.3, -0.25) is 9.78 Å². The molecule has 0 amide bonds. The maximum Gasteiger partial charge on any atom is 0.516 e. The van der Waals surface area contributed by atoms with Gasteiger partial charge in [0, 0.05) is 12.5 Å². The fraction of sp³-hybridized carbons (Fsp3) is 0.400.